The predicted molar refractivity (Wildman–Crippen MR) is 91.0 cm³/mol. The molecular weight excluding hydrogens is 304 g/mol. The summed E-state index contributed by atoms with van der Waals surface area (Å²) in [4.78, 5) is 13.3. The van der Waals surface area contributed by atoms with Crippen LogP contribution in [0.25, 0.3) is 0 Å². The minimum atomic E-state index is -0.996. The molecule has 1 aromatic heterocycles. The smallest absolute Gasteiger partial charge is 0.220 e. The molecule has 3 N–H and O–H groups in total. The Morgan fingerprint density at radius 3 is 2.79 bits per heavy atom. The summed E-state index contributed by atoms with van der Waals surface area (Å²) in [6.45, 7) is 2.84. The maximum Gasteiger partial charge on any atom is 0.220 e. The molecule has 6 nitrogen and oxygen atoms in total. The second-order valence-corrected chi connectivity index (χ2v) is 6.71. The number of amides is 1. The highest BCUT2D eigenvalue weighted by atomic mass is 16.3. The van der Waals surface area contributed by atoms with Crippen molar-refractivity contribution < 1.29 is 9.90 Å². The molecule has 0 spiro atoms. The number of nitrogens with two attached hydrogens (primary N) is 1. The van der Waals surface area contributed by atoms with Gasteiger partial charge in [0.2, 0.25) is 5.91 Å². The van der Waals surface area contributed by atoms with Crippen LogP contribution in [0, 0.1) is 0 Å². The van der Waals surface area contributed by atoms with Crippen molar-refractivity contribution in [2.24, 2.45) is 5.73 Å². The highest BCUT2D eigenvalue weighted by molar-refractivity contribution is 5.75. The molecule has 1 atom stereocenters. The van der Waals surface area contributed by atoms with Gasteiger partial charge in [0.1, 0.15) is 0 Å². The Morgan fingerprint density at radius 2 is 2.04 bits per heavy atom. The van der Waals surface area contributed by atoms with E-state index in [0.29, 0.717) is 13.0 Å². The Bertz CT molecular complexity index is 685. The van der Waals surface area contributed by atoms with Gasteiger partial charge in [-0.1, -0.05) is 30.3 Å². The SMILES string of the molecule is NC(=O)CC1(O)CCCN(Cc2cnn(Cc3ccccc3)c2)C1. The number of primary amides is 1. The largest absolute Gasteiger partial charge is 0.388 e. The molecular formula is C18H24N4O2. The zero-order valence-corrected chi connectivity index (χ0v) is 13.8. The van der Waals surface area contributed by atoms with Gasteiger partial charge >= 0.3 is 0 Å². The lowest BCUT2D eigenvalue weighted by Gasteiger charge is -2.38. The molecule has 24 heavy (non-hydrogen) atoms. The molecule has 1 saturated heterocycles. The summed E-state index contributed by atoms with van der Waals surface area (Å²) in [5, 5.41) is 14.9. The molecule has 6 heteroatoms. The average molecular weight is 328 g/mol. The number of piperidine rings is 1. The van der Waals surface area contributed by atoms with Gasteiger partial charge in [-0.15, -0.1) is 0 Å². The lowest BCUT2D eigenvalue weighted by molar-refractivity contribution is -0.125. The fourth-order valence-corrected chi connectivity index (χ4v) is 3.41. The third-order valence-corrected chi connectivity index (χ3v) is 4.42. The first-order chi connectivity index (χ1) is 11.5. The van der Waals surface area contributed by atoms with Crippen molar-refractivity contribution in [3.05, 3.63) is 53.9 Å². The van der Waals surface area contributed by atoms with Gasteiger partial charge in [-0.25, -0.2) is 0 Å². The molecule has 1 fully saturated rings. The van der Waals surface area contributed by atoms with E-state index in [1.807, 2.05) is 35.3 Å². The maximum atomic E-state index is 11.1. The van der Waals surface area contributed by atoms with Gasteiger partial charge in [0.05, 0.1) is 24.8 Å². The van der Waals surface area contributed by atoms with Crippen LogP contribution in [0.4, 0.5) is 0 Å². The fraction of sp³-hybridized carbons (Fsp3) is 0.444. The number of carbonyl (C=O) groups excluding carboxylic acids is 1. The first kappa shape index (κ1) is 16.7. The van der Waals surface area contributed by atoms with Gasteiger partial charge in [0.15, 0.2) is 0 Å². The average Bonchev–Trinajstić information content (AvgIpc) is 2.94. The van der Waals surface area contributed by atoms with E-state index in [2.05, 4.69) is 22.1 Å². The number of β-amino-alcohol motifs (C(OH)–C–C–N with tert-alkyl or cyclic N) is 1. The van der Waals surface area contributed by atoms with E-state index in [9.17, 15) is 9.90 Å². The van der Waals surface area contributed by atoms with Gasteiger partial charge in [-0.3, -0.25) is 14.4 Å². The normalized spacial score (nSPS) is 21.7. The number of hydrogen-bond acceptors (Lipinski definition) is 4. The van der Waals surface area contributed by atoms with Crippen LogP contribution in [0.15, 0.2) is 42.7 Å². The molecule has 1 aliphatic heterocycles. The van der Waals surface area contributed by atoms with E-state index in [1.54, 1.807) is 0 Å². The molecule has 0 radical (unpaired) electrons. The van der Waals surface area contributed by atoms with Crippen molar-refractivity contribution >= 4 is 5.91 Å². The Balaban J connectivity index is 1.59. The Labute approximate surface area is 141 Å². The molecule has 0 aliphatic carbocycles. The molecule has 1 amide bonds. The summed E-state index contributed by atoms with van der Waals surface area (Å²) in [5.41, 5.74) is 6.57. The monoisotopic (exact) mass is 328 g/mol. The van der Waals surface area contributed by atoms with Gasteiger partial charge in [0.25, 0.3) is 0 Å². The van der Waals surface area contributed by atoms with Gasteiger partial charge in [-0.05, 0) is 24.9 Å². The summed E-state index contributed by atoms with van der Waals surface area (Å²) in [7, 11) is 0. The van der Waals surface area contributed by atoms with E-state index in [1.165, 1.54) is 5.56 Å². The Hall–Kier alpha value is -2.18. The van der Waals surface area contributed by atoms with Crippen molar-refractivity contribution in [1.29, 1.82) is 0 Å². The van der Waals surface area contributed by atoms with Crippen LogP contribution < -0.4 is 5.73 Å². The quantitative estimate of drug-likeness (QED) is 0.833. The molecule has 0 saturated carbocycles. The Kier molecular flexibility index (Phi) is 4.97. The number of aromatic nitrogens is 2. The van der Waals surface area contributed by atoms with E-state index in [-0.39, 0.29) is 6.42 Å². The first-order valence-electron chi connectivity index (χ1n) is 8.31. The van der Waals surface area contributed by atoms with Gasteiger partial charge < -0.3 is 10.8 Å². The minimum absolute atomic E-state index is 0.0246. The third kappa shape index (κ3) is 4.43. The first-order valence-corrected chi connectivity index (χ1v) is 8.31. The highest BCUT2D eigenvalue weighted by Gasteiger charge is 2.34. The molecule has 2 aromatic rings. The summed E-state index contributed by atoms with van der Waals surface area (Å²) in [6.07, 6.45) is 5.41. The summed E-state index contributed by atoms with van der Waals surface area (Å²) < 4.78 is 1.92. The molecule has 1 unspecified atom stereocenters. The van der Waals surface area contributed by atoms with Crippen molar-refractivity contribution in [3.63, 3.8) is 0 Å². The zero-order valence-electron chi connectivity index (χ0n) is 13.8. The molecule has 1 aliphatic rings. The highest BCUT2D eigenvalue weighted by Crippen LogP contribution is 2.25. The standard InChI is InChI=1S/C18H24N4O2/c19-17(23)9-18(24)7-4-8-21(14-18)11-16-10-20-22(13-16)12-15-5-2-1-3-6-15/h1-3,5-6,10,13,24H,4,7-9,11-12,14H2,(H2,19,23). The molecule has 0 bridgehead atoms. The van der Waals surface area contributed by atoms with Crippen LogP contribution >= 0.6 is 0 Å². The number of rotatable bonds is 6. The van der Waals surface area contributed by atoms with E-state index in [4.69, 9.17) is 5.73 Å². The van der Waals surface area contributed by atoms with Gasteiger partial charge in [0, 0.05) is 24.8 Å². The lowest BCUT2D eigenvalue weighted by atomic mass is 9.89. The molecule has 2 heterocycles. The Morgan fingerprint density at radius 1 is 1.25 bits per heavy atom. The molecule has 3 rings (SSSR count). The topological polar surface area (TPSA) is 84.4 Å². The van der Waals surface area contributed by atoms with Gasteiger partial charge in [-0.2, -0.15) is 5.10 Å². The minimum Gasteiger partial charge on any atom is -0.388 e. The maximum absolute atomic E-state index is 11.1. The second kappa shape index (κ2) is 7.15. The van der Waals surface area contributed by atoms with Crippen molar-refractivity contribution in [2.75, 3.05) is 13.1 Å². The predicted octanol–water partition coefficient (Wildman–Crippen LogP) is 1.13. The number of likely N-dealkylation sites (tertiary alicyclic amines) is 1. The van der Waals surface area contributed by atoms with Crippen LogP contribution in [0.2, 0.25) is 0 Å². The summed E-state index contributed by atoms with van der Waals surface area (Å²) in [6, 6.07) is 10.2. The van der Waals surface area contributed by atoms with E-state index >= 15 is 0 Å². The number of nitrogens with zero attached hydrogens (tertiary/aromatic N) is 3. The van der Waals surface area contributed by atoms with Crippen LogP contribution in [0.3, 0.4) is 0 Å². The molecule has 128 valence electrons. The van der Waals surface area contributed by atoms with E-state index < -0.39 is 11.5 Å². The van der Waals surface area contributed by atoms with Crippen molar-refractivity contribution in [1.82, 2.24) is 14.7 Å². The third-order valence-electron chi connectivity index (χ3n) is 4.42. The van der Waals surface area contributed by atoms with E-state index in [0.717, 1.165) is 31.6 Å². The molecule has 1 aromatic carbocycles. The van der Waals surface area contributed by atoms with Crippen LogP contribution in [-0.4, -0.2) is 44.4 Å². The van der Waals surface area contributed by atoms with Crippen molar-refractivity contribution in [2.45, 2.75) is 38.0 Å². The second-order valence-electron chi connectivity index (χ2n) is 6.71. The number of hydrogen-bond donors (Lipinski definition) is 2. The van der Waals surface area contributed by atoms with Crippen LogP contribution in [-0.2, 0) is 17.9 Å². The lowest BCUT2D eigenvalue weighted by Crippen LogP contribution is -2.49. The number of carbonyl (C=O) groups is 1. The fourth-order valence-electron chi connectivity index (χ4n) is 3.41. The number of aliphatic hydroxyl groups is 1. The van der Waals surface area contributed by atoms with Crippen LogP contribution in [0.5, 0.6) is 0 Å². The zero-order chi connectivity index (χ0) is 17.0. The van der Waals surface area contributed by atoms with Crippen molar-refractivity contribution in [3.8, 4) is 0 Å². The number of benzene rings is 1. The summed E-state index contributed by atoms with van der Waals surface area (Å²) >= 11 is 0. The summed E-state index contributed by atoms with van der Waals surface area (Å²) in [5.74, 6) is -0.449. The van der Waals surface area contributed by atoms with Crippen LogP contribution in [0.1, 0.15) is 30.4 Å².